The highest BCUT2D eigenvalue weighted by Crippen LogP contribution is 2.23. The highest BCUT2D eigenvalue weighted by Gasteiger charge is 2.21. The Hall–Kier alpha value is -1.88. The molecule has 0 saturated carbocycles. The molecule has 1 aromatic rings. The van der Waals surface area contributed by atoms with Gasteiger partial charge in [-0.2, -0.15) is 0 Å². The quantitative estimate of drug-likeness (QED) is 0.819. The molecule has 5 heteroatoms. The second-order valence-electron chi connectivity index (χ2n) is 6.71. The SMILES string of the molecule is CCOC(=O)CN(C)C(C)C(=O)Nc1ccc(C(C)(C)C)cc1. The van der Waals surface area contributed by atoms with E-state index < -0.39 is 6.04 Å². The van der Waals surface area contributed by atoms with Crippen LogP contribution in [-0.2, 0) is 19.7 Å². The summed E-state index contributed by atoms with van der Waals surface area (Å²) in [6.45, 7) is 10.4. The molecule has 5 nitrogen and oxygen atoms in total. The van der Waals surface area contributed by atoms with E-state index in [9.17, 15) is 9.59 Å². The number of carbonyl (C=O) groups excluding carboxylic acids is 2. The Morgan fingerprint density at radius 3 is 2.26 bits per heavy atom. The van der Waals surface area contributed by atoms with Crippen molar-refractivity contribution in [1.82, 2.24) is 4.90 Å². The molecule has 0 saturated heterocycles. The Bertz CT molecular complexity index is 532. The standard InChI is InChI=1S/C18H28N2O3/c1-7-23-16(21)12-20(6)13(2)17(22)19-15-10-8-14(9-11-15)18(3,4)5/h8-11,13H,7,12H2,1-6H3,(H,19,22). The minimum Gasteiger partial charge on any atom is -0.465 e. The van der Waals surface area contributed by atoms with Crippen molar-refractivity contribution in [3.05, 3.63) is 29.8 Å². The van der Waals surface area contributed by atoms with E-state index >= 15 is 0 Å². The molecule has 1 N–H and O–H groups in total. The molecule has 1 unspecified atom stereocenters. The zero-order chi connectivity index (χ0) is 17.6. The fourth-order valence-corrected chi connectivity index (χ4v) is 2.05. The third-order valence-corrected chi connectivity index (χ3v) is 3.74. The topological polar surface area (TPSA) is 58.6 Å². The molecular formula is C18H28N2O3. The highest BCUT2D eigenvalue weighted by atomic mass is 16.5. The van der Waals surface area contributed by atoms with Gasteiger partial charge in [0.05, 0.1) is 19.2 Å². The van der Waals surface area contributed by atoms with Gasteiger partial charge in [0.1, 0.15) is 0 Å². The molecular weight excluding hydrogens is 292 g/mol. The molecule has 128 valence electrons. The van der Waals surface area contributed by atoms with Gasteiger partial charge in [-0.05, 0) is 44.0 Å². The minimum absolute atomic E-state index is 0.0791. The molecule has 23 heavy (non-hydrogen) atoms. The van der Waals surface area contributed by atoms with E-state index in [1.165, 1.54) is 5.56 Å². The van der Waals surface area contributed by atoms with E-state index in [1.54, 1.807) is 25.8 Å². The first kappa shape index (κ1) is 19.2. The smallest absolute Gasteiger partial charge is 0.320 e. The summed E-state index contributed by atoms with van der Waals surface area (Å²) < 4.78 is 4.89. The van der Waals surface area contributed by atoms with Gasteiger partial charge in [-0.25, -0.2) is 0 Å². The number of anilines is 1. The number of hydrogen-bond donors (Lipinski definition) is 1. The van der Waals surface area contributed by atoms with Gasteiger partial charge in [-0.1, -0.05) is 32.9 Å². The average molecular weight is 320 g/mol. The number of nitrogens with zero attached hydrogens (tertiary/aromatic N) is 1. The number of nitrogens with one attached hydrogen (secondary N) is 1. The number of benzene rings is 1. The van der Waals surface area contributed by atoms with Crippen LogP contribution < -0.4 is 5.32 Å². The number of likely N-dealkylation sites (N-methyl/N-ethyl adjacent to an activating group) is 1. The van der Waals surface area contributed by atoms with E-state index in [2.05, 4.69) is 26.1 Å². The summed E-state index contributed by atoms with van der Waals surface area (Å²) >= 11 is 0. The molecule has 0 bridgehead atoms. The Morgan fingerprint density at radius 1 is 1.22 bits per heavy atom. The lowest BCUT2D eigenvalue weighted by molar-refractivity contribution is -0.144. The second kappa shape index (κ2) is 8.11. The highest BCUT2D eigenvalue weighted by molar-refractivity contribution is 5.94. The van der Waals surface area contributed by atoms with Crippen LogP contribution in [-0.4, -0.2) is 43.0 Å². The molecule has 1 amide bonds. The predicted octanol–water partition coefficient (Wildman–Crippen LogP) is 2.81. The molecule has 0 spiro atoms. The number of esters is 1. The zero-order valence-corrected chi connectivity index (χ0v) is 15.0. The molecule has 1 aromatic carbocycles. The monoisotopic (exact) mass is 320 g/mol. The van der Waals surface area contributed by atoms with Gasteiger partial charge < -0.3 is 10.1 Å². The van der Waals surface area contributed by atoms with E-state index in [4.69, 9.17) is 4.74 Å². The first-order valence-corrected chi connectivity index (χ1v) is 7.92. The van der Waals surface area contributed by atoms with Crippen LogP contribution in [0.5, 0.6) is 0 Å². The summed E-state index contributed by atoms with van der Waals surface area (Å²) in [5, 5.41) is 2.87. The van der Waals surface area contributed by atoms with Crippen LogP contribution in [0, 0.1) is 0 Å². The van der Waals surface area contributed by atoms with Gasteiger partial charge in [0, 0.05) is 5.69 Å². The maximum absolute atomic E-state index is 12.3. The summed E-state index contributed by atoms with van der Waals surface area (Å²) in [6.07, 6.45) is 0. The Balaban J connectivity index is 2.62. The third-order valence-electron chi connectivity index (χ3n) is 3.74. The van der Waals surface area contributed by atoms with Gasteiger partial charge in [0.2, 0.25) is 5.91 Å². The van der Waals surface area contributed by atoms with Crippen LogP contribution in [0.3, 0.4) is 0 Å². The lowest BCUT2D eigenvalue weighted by atomic mass is 9.87. The largest absolute Gasteiger partial charge is 0.465 e. The first-order valence-electron chi connectivity index (χ1n) is 7.92. The van der Waals surface area contributed by atoms with Crippen molar-refractivity contribution >= 4 is 17.6 Å². The zero-order valence-electron chi connectivity index (χ0n) is 15.0. The summed E-state index contributed by atoms with van der Waals surface area (Å²) in [5.74, 6) is -0.482. The van der Waals surface area contributed by atoms with Crippen molar-refractivity contribution in [3.63, 3.8) is 0 Å². The minimum atomic E-state index is -0.429. The van der Waals surface area contributed by atoms with Gasteiger partial charge in [-0.3, -0.25) is 14.5 Å². The molecule has 1 atom stereocenters. The fraction of sp³-hybridized carbons (Fsp3) is 0.556. The van der Waals surface area contributed by atoms with E-state index in [1.807, 2.05) is 24.3 Å². The lowest BCUT2D eigenvalue weighted by Crippen LogP contribution is -2.42. The van der Waals surface area contributed by atoms with Crippen LogP contribution in [0.2, 0.25) is 0 Å². The number of ether oxygens (including phenoxy) is 1. The number of rotatable bonds is 6. The lowest BCUT2D eigenvalue weighted by Gasteiger charge is -2.23. The van der Waals surface area contributed by atoms with Crippen LogP contribution in [0.1, 0.15) is 40.2 Å². The third kappa shape index (κ3) is 6.02. The van der Waals surface area contributed by atoms with Crippen LogP contribution in [0.25, 0.3) is 0 Å². The molecule has 0 aromatic heterocycles. The molecule has 0 fully saturated rings. The van der Waals surface area contributed by atoms with Crippen LogP contribution >= 0.6 is 0 Å². The average Bonchev–Trinajstić information content (AvgIpc) is 2.46. The van der Waals surface area contributed by atoms with Gasteiger partial charge in [0.15, 0.2) is 0 Å². The summed E-state index contributed by atoms with van der Waals surface area (Å²) in [4.78, 5) is 25.4. The Labute approximate surface area is 139 Å². The van der Waals surface area contributed by atoms with Crippen molar-refractivity contribution in [2.75, 3.05) is 25.5 Å². The summed E-state index contributed by atoms with van der Waals surface area (Å²) in [5.41, 5.74) is 2.04. The van der Waals surface area contributed by atoms with E-state index in [0.717, 1.165) is 5.69 Å². The van der Waals surface area contributed by atoms with E-state index in [0.29, 0.717) is 6.61 Å². The van der Waals surface area contributed by atoms with Gasteiger partial charge in [-0.15, -0.1) is 0 Å². The Kier molecular flexibility index (Phi) is 6.76. The first-order chi connectivity index (χ1) is 10.6. The fourth-order valence-electron chi connectivity index (χ4n) is 2.05. The molecule has 0 heterocycles. The van der Waals surface area contributed by atoms with Crippen molar-refractivity contribution in [3.8, 4) is 0 Å². The van der Waals surface area contributed by atoms with Gasteiger partial charge >= 0.3 is 5.97 Å². The van der Waals surface area contributed by atoms with Crippen molar-refractivity contribution < 1.29 is 14.3 Å². The molecule has 0 aliphatic heterocycles. The molecule has 1 rings (SSSR count). The second-order valence-corrected chi connectivity index (χ2v) is 6.71. The van der Waals surface area contributed by atoms with Crippen LogP contribution in [0.4, 0.5) is 5.69 Å². The van der Waals surface area contributed by atoms with Crippen LogP contribution in [0.15, 0.2) is 24.3 Å². The maximum Gasteiger partial charge on any atom is 0.320 e. The Morgan fingerprint density at radius 2 is 1.78 bits per heavy atom. The maximum atomic E-state index is 12.3. The summed E-state index contributed by atoms with van der Waals surface area (Å²) in [6, 6.07) is 7.40. The van der Waals surface area contributed by atoms with Crippen molar-refractivity contribution in [2.45, 2.75) is 46.1 Å². The van der Waals surface area contributed by atoms with Crippen molar-refractivity contribution in [1.29, 1.82) is 0 Å². The van der Waals surface area contributed by atoms with Gasteiger partial charge in [0.25, 0.3) is 0 Å². The molecule has 0 aliphatic rings. The normalized spacial score (nSPS) is 12.8. The van der Waals surface area contributed by atoms with E-state index in [-0.39, 0.29) is 23.8 Å². The molecule has 0 radical (unpaired) electrons. The number of hydrogen-bond acceptors (Lipinski definition) is 4. The predicted molar refractivity (Wildman–Crippen MR) is 92.5 cm³/mol. The van der Waals surface area contributed by atoms with Crippen molar-refractivity contribution in [2.24, 2.45) is 0 Å². The summed E-state index contributed by atoms with van der Waals surface area (Å²) in [7, 11) is 1.73. The molecule has 0 aliphatic carbocycles. The number of amides is 1. The number of carbonyl (C=O) groups is 2.